The molecule has 1 saturated carbocycles. The van der Waals surface area contributed by atoms with Gasteiger partial charge in [0, 0.05) is 0 Å². The van der Waals surface area contributed by atoms with Crippen LogP contribution < -0.4 is 0 Å². The quantitative estimate of drug-likeness (QED) is 0.741. The van der Waals surface area contributed by atoms with Gasteiger partial charge in [-0.1, -0.05) is 19.4 Å². The van der Waals surface area contributed by atoms with Crippen molar-refractivity contribution in [3.8, 4) is 6.07 Å². The fraction of sp³-hybridized carbons (Fsp3) is 0.533. The van der Waals surface area contributed by atoms with Crippen molar-refractivity contribution in [3.05, 3.63) is 35.1 Å². The average molecular weight is 231 g/mol. The van der Waals surface area contributed by atoms with Crippen molar-refractivity contribution in [2.75, 3.05) is 0 Å². The second-order valence-corrected chi connectivity index (χ2v) is 4.98. The van der Waals surface area contributed by atoms with Crippen LogP contribution in [0.15, 0.2) is 18.2 Å². The van der Waals surface area contributed by atoms with Crippen LogP contribution in [0.25, 0.3) is 0 Å². The van der Waals surface area contributed by atoms with Gasteiger partial charge in [0.05, 0.1) is 5.56 Å². The number of benzene rings is 1. The first-order valence-electron chi connectivity index (χ1n) is 6.44. The third-order valence-electron chi connectivity index (χ3n) is 4.01. The third-order valence-corrected chi connectivity index (χ3v) is 4.01. The zero-order chi connectivity index (χ0) is 12.3. The Morgan fingerprint density at radius 3 is 2.53 bits per heavy atom. The van der Waals surface area contributed by atoms with E-state index in [1.54, 1.807) is 12.1 Å². The van der Waals surface area contributed by atoms with Crippen LogP contribution >= 0.6 is 0 Å². The molecule has 2 rings (SSSR count). The second-order valence-electron chi connectivity index (χ2n) is 4.98. The average Bonchev–Trinajstić information content (AvgIpc) is 2.39. The Bertz CT molecular complexity index is 425. The van der Waals surface area contributed by atoms with E-state index in [1.807, 2.05) is 12.1 Å². The van der Waals surface area contributed by atoms with E-state index in [1.165, 1.54) is 19.3 Å². The molecule has 0 radical (unpaired) electrons. The summed E-state index contributed by atoms with van der Waals surface area (Å²) in [6.07, 6.45) is 6.08. The lowest BCUT2D eigenvalue weighted by molar-refractivity contribution is 0.318. The van der Waals surface area contributed by atoms with E-state index in [-0.39, 0.29) is 11.4 Å². The Morgan fingerprint density at radius 1 is 1.29 bits per heavy atom. The van der Waals surface area contributed by atoms with E-state index in [0.29, 0.717) is 5.92 Å². The molecule has 1 aromatic rings. The number of nitriles is 1. The normalized spacial score (nSPS) is 24.3. The molecule has 1 fully saturated rings. The molecule has 0 heterocycles. The van der Waals surface area contributed by atoms with E-state index in [2.05, 4.69) is 6.92 Å². The first-order valence-corrected chi connectivity index (χ1v) is 6.44. The van der Waals surface area contributed by atoms with E-state index >= 15 is 0 Å². The number of rotatable bonds is 2. The Kier molecular flexibility index (Phi) is 3.78. The highest BCUT2D eigenvalue weighted by molar-refractivity contribution is 5.34. The summed E-state index contributed by atoms with van der Waals surface area (Å²) < 4.78 is 13.5. The standard InChI is InChI=1S/C15H18FN/c1-2-11-3-5-12(6-4-11)13-7-8-14(10-17)15(16)9-13/h7-9,11-12H,2-6H2,1H3. The van der Waals surface area contributed by atoms with E-state index in [4.69, 9.17) is 5.26 Å². The molecule has 0 spiro atoms. The van der Waals surface area contributed by atoms with Crippen LogP contribution in [0, 0.1) is 23.1 Å². The Morgan fingerprint density at radius 2 is 2.00 bits per heavy atom. The molecular weight excluding hydrogens is 213 g/mol. The van der Waals surface area contributed by atoms with Gasteiger partial charge in [0.2, 0.25) is 0 Å². The van der Waals surface area contributed by atoms with Crippen LogP contribution in [0.4, 0.5) is 4.39 Å². The molecule has 1 aliphatic rings. The molecule has 0 aromatic heterocycles. The molecular formula is C15H18FN. The van der Waals surface area contributed by atoms with Gasteiger partial charge in [-0.3, -0.25) is 0 Å². The maximum atomic E-state index is 13.5. The van der Waals surface area contributed by atoms with Gasteiger partial charge in [0.1, 0.15) is 11.9 Å². The lowest BCUT2D eigenvalue weighted by Gasteiger charge is -2.28. The molecule has 90 valence electrons. The monoisotopic (exact) mass is 231 g/mol. The molecule has 17 heavy (non-hydrogen) atoms. The molecule has 0 aliphatic heterocycles. The molecule has 0 saturated heterocycles. The summed E-state index contributed by atoms with van der Waals surface area (Å²) in [4.78, 5) is 0. The lowest BCUT2D eigenvalue weighted by atomic mass is 9.78. The van der Waals surface area contributed by atoms with E-state index in [9.17, 15) is 4.39 Å². The fourth-order valence-electron chi connectivity index (χ4n) is 2.78. The highest BCUT2D eigenvalue weighted by atomic mass is 19.1. The van der Waals surface area contributed by atoms with Gasteiger partial charge >= 0.3 is 0 Å². The van der Waals surface area contributed by atoms with Crippen LogP contribution in [0.1, 0.15) is 56.1 Å². The van der Waals surface area contributed by atoms with Crippen molar-refractivity contribution in [2.45, 2.75) is 44.9 Å². The number of nitrogens with zero attached hydrogens (tertiary/aromatic N) is 1. The summed E-state index contributed by atoms with van der Waals surface area (Å²) >= 11 is 0. The summed E-state index contributed by atoms with van der Waals surface area (Å²) in [6.45, 7) is 2.24. The molecule has 0 atom stereocenters. The summed E-state index contributed by atoms with van der Waals surface area (Å²) in [6, 6.07) is 6.94. The zero-order valence-electron chi connectivity index (χ0n) is 10.2. The van der Waals surface area contributed by atoms with Crippen LogP contribution in [-0.2, 0) is 0 Å². The second kappa shape index (κ2) is 5.31. The molecule has 1 aromatic carbocycles. The smallest absolute Gasteiger partial charge is 0.141 e. The van der Waals surface area contributed by atoms with Gasteiger partial charge < -0.3 is 0 Å². The van der Waals surface area contributed by atoms with Crippen molar-refractivity contribution in [1.29, 1.82) is 5.26 Å². The first-order chi connectivity index (χ1) is 8.24. The van der Waals surface area contributed by atoms with Gasteiger partial charge in [-0.25, -0.2) is 4.39 Å². The van der Waals surface area contributed by atoms with Gasteiger partial charge in [-0.15, -0.1) is 0 Å². The highest BCUT2D eigenvalue weighted by Crippen LogP contribution is 2.37. The molecule has 0 unspecified atom stereocenters. The molecule has 0 bridgehead atoms. The topological polar surface area (TPSA) is 23.8 Å². The minimum absolute atomic E-state index is 0.149. The number of hydrogen-bond donors (Lipinski definition) is 0. The first kappa shape index (κ1) is 12.1. The van der Waals surface area contributed by atoms with Crippen LogP contribution in [0.5, 0.6) is 0 Å². The molecule has 1 nitrogen and oxygen atoms in total. The molecule has 0 N–H and O–H groups in total. The van der Waals surface area contributed by atoms with Gasteiger partial charge in [0.15, 0.2) is 0 Å². The van der Waals surface area contributed by atoms with Crippen LogP contribution in [-0.4, -0.2) is 0 Å². The predicted molar refractivity (Wildman–Crippen MR) is 66.1 cm³/mol. The SMILES string of the molecule is CCC1CCC(c2ccc(C#N)c(F)c2)CC1. The molecule has 0 amide bonds. The fourth-order valence-corrected chi connectivity index (χ4v) is 2.78. The minimum atomic E-state index is -0.373. The van der Waals surface area contributed by atoms with Crippen molar-refractivity contribution in [1.82, 2.24) is 0 Å². The Balaban J connectivity index is 2.09. The zero-order valence-corrected chi connectivity index (χ0v) is 10.2. The van der Waals surface area contributed by atoms with Crippen molar-refractivity contribution >= 4 is 0 Å². The summed E-state index contributed by atoms with van der Waals surface area (Å²) in [5.41, 5.74) is 1.21. The van der Waals surface area contributed by atoms with Crippen molar-refractivity contribution < 1.29 is 4.39 Å². The summed E-state index contributed by atoms with van der Waals surface area (Å²) in [5.74, 6) is 0.970. The van der Waals surface area contributed by atoms with Crippen LogP contribution in [0.2, 0.25) is 0 Å². The van der Waals surface area contributed by atoms with Gasteiger partial charge in [-0.05, 0) is 55.2 Å². The van der Waals surface area contributed by atoms with E-state index < -0.39 is 0 Å². The third kappa shape index (κ3) is 2.66. The predicted octanol–water partition coefficient (Wildman–Crippen LogP) is 4.38. The molecule has 2 heteroatoms. The highest BCUT2D eigenvalue weighted by Gasteiger charge is 2.21. The summed E-state index contributed by atoms with van der Waals surface area (Å²) in [7, 11) is 0. The van der Waals surface area contributed by atoms with Gasteiger partial charge in [0.25, 0.3) is 0 Å². The minimum Gasteiger partial charge on any atom is -0.206 e. The largest absolute Gasteiger partial charge is 0.206 e. The lowest BCUT2D eigenvalue weighted by Crippen LogP contribution is -2.12. The maximum absolute atomic E-state index is 13.5. The van der Waals surface area contributed by atoms with Gasteiger partial charge in [-0.2, -0.15) is 5.26 Å². The van der Waals surface area contributed by atoms with Crippen molar-refractivity contribution in [3.63, 3.8) is 0 Å². The van der Waals surface area contributed by atoms with Crippen LogP contribution in [0.3, 0.4) is 0 Å². The number of hydrogen-bond acceptors (Lipinski definition) is 1. The van der Waals surface area contributed by atoms with Crippen molar-refractivity contribution in [2.24, 2.45) is 5.92 Å². The Hall–Kier alpha value is -1.36. The number of halogens is 1. The Labute approximate surface area is 102 Å². The summed E-state index contributed by atoms with van der Waals surface area (Å²) in [5, 5.41) is 8.70. The van der Waals surface area contributed by atoms with E-state index in [0.717, 1.165) is 24.3 Å². The molecule has 1 aliphatic carbocycles. The maximum Gasteiger partial charge on any atom is 0.141 e.